The molecule has 0 fully saturated rings. The standard InChI is InChI=1S/C22H40S/c1-3-5-7-9-11-13-16-21(20-22-18-15-19-23-22)17-14-12-10-8-6-4-2/h15,18-19,21H,3-14,16-17,20H2,1-2H3. The highest BCUT2D eigenvalue weighted by atomic mass is 32.1. The minimum atomic E-state index is 0.936. The van der Waals surface area contributed by atoms with Crippen molar-refractivity contribution < 1.29 is 0 Å². The molecule has 0 aliphatic rings. The van der Waals surface area contributed by atoms with Gasteiger partial charge in [0, 0.05) is 4.88 Å². The summed E-state index contributed by atoms with van der Waals surface area (Å²) in [6.45, 7) is 4.61. The first-order valence-electron chi connectivity index (χ1n) is 10.4. The van der Waals surface area contributed by atoms with Crippen molar-refractivity contribution in [3.05, 3.63) is 22.4 Å². The summed E-state index contributed by atoms with van der Waals surface area (Å²) >= 11 is 1.95. The maximum absolute atomic E-state index is 2.33. The zero-order valence-electron chi connectivity index (χ0n) is 15.8. The predicted molar refractivity (Wildman–Crippen MR) is 107 cm³/mol. The quantitative estimate of drug-likeness (QED) is 0.266. The Labute approximate surface area is 150 Å². The molecule has 0 N–H and O–H groups in total. The average Bonchev–Trinajstić information content (AvgIpc) is 3.06. The second-order valence-electron chi connectivity index (χ2n) is 7.26. The summed E-state index contributed by atoms with van der Waals surface area (Å²) in [5.41, 5.74) is 0. The molecule has 0 aliphatic heterocycles. The van der Waals surface area contributed by atoms with Crippen LogP contribution in [0.5, 0.6) is 0 Å². The fourth-order valence-electron chi connectivity index (χ4n) is 3.49. The maximum atomic E-state index is 2.33. The van der Waals surface area contributed by atoms with E-state index in [0.29, 0.717) is 0 Å². The molecule has 1 rings (SSSR count). The van der Waals surface area contributed by atoms with Crippen LogP contribution in [0.15, 0.2) is 17.5 Å². The summed E-state index contributed by atoms with van der Waals surface area (Å²) in [6, 6.07) is 4.55. The van der Waals surface area contributed by atoms with Gasteiger partial charge < -0.3 is 0 Å². The molecule has 0 saturated heterocycles. The van der Waals surface area contributed by atoms with E-state index in [1.807, 2.05) is 11.3 Å². The van der Waals surface area contributed by atoms with Gasteiger partial charge in [-0.1, -0.05) is 110 Å². The van der Waals surface area contributed by atoms with Gasteiger partial charge in [-0.2, -0.15) is 0 Å². The van der Waals surface area contributed by atoms with E-state index in [1.165, 1.54) is 96.3 Å². The summed E-state index contributed by atoms with van der Waals surface area (Å²) in [4.78, 5) is 1.60. The molecule has 0 saturated carbocycles. The summed E-state index contributed by atoms with van der Waals surface area (Å²) in [5, 5.41) is 2.24. The van der Waals surface area contributed by atoms with Crippen molar-refractivity contribution in [2.45, 2.75) is 110 Å². The van der Waals surface area contributed by atoms with Crippen molar-refractivity contribution in [1.82, 2.24) is 0 Å². The van der Waals surface area contributed by atoms with Crippen molar-refractivity contribution >= 4 is 11.3 Å². The molecule has 0 bridgehead atoms. The minimum absolute atomic E-state index is 0.936. The molecular formula is C22H40S. The van der Waals surface area contributed by atoms with E-state index in [2.05, 4.69) is 31.4 Å². The highest BCUT2D eigenvalue weighted by molar-refractivity contribution is 7.09. The molecule has 0 amide bonds. The van der Waals surface area contributed by atoms with Gasteiger partial charge in [0.05, 0.1) is 0 Å². The van der Waals surface area contributed by atoms with Crippen LogP contribution in [0.25, 0.3) is 0 Å². The second kappa shape index (κ2) is 15.2. The molecule has 0 unspecified atom stereocenters. The van der Waals surface area contributed by atoms with Crippen molar-refractivity contribution in [2.24, 2.45) is 5.92 Å². The number of hydrogen-bond donors (Lipinski definition) is 0. The first kappa shape index (κ1) is 20.7. The molecule has 0 nitrogen and oxygen atoms in total. The van der Waals surface area contributed by atoms with Crippen LogP contribution in [0.4, 0.5) is 0 Å². The largest absolute Gasteiger partial charge is 0.149 e. The SMILES string of the molecule is CCCCCCCCC(CCCCCCCC)Cc1cccs1. The highest BCUT2D eigenvalue weighted by Crippen LogP contribution is 2.25. The fourth-order valence-corrected chi connectivity index (χ4v) is 4.31. The molecule has 0 aromatic carbocycles. The third kappa shape index (κ3) is 11.8. The molecule has 0 spiro atoms. The van der Waals surface area contributed by atoms with E-state index >= 15 is 0 Å². The van der Waals surface area contributed by atoms with Crippen LogP contribution in [0.3, 0.4) is 0 Å². The lowest BCUT2D eigenvalue weighted by Crippen LogP contribution is -2.04. The van der Waals surface area contributed by atoms with Gasteiger partial charge in [-0.3, -0.25) is 0 Å². The molecule has 134 valence electrons. The van der Waals surface area contributed by atoms with Gasteiger partial charge in [-0.05, 0) is 23.8 Å². The van der Waals surface area contributed by atoms with E-state index in [-0.39, 0.29) is 0 Å². The third-order valence-electron chi connectivity index (χ3n) is 5.00. The first-order valence-corrected chi connectivity index (χ1v) is 11.3. The van der Waals surface area contributed by atoms with Crippen LogP contribution in [-0.4, -0.2) is 0 Å². The van der Waals surface area contributed by atoms with E-state index in [0.717, 1.165) is 5.92 Å². The monoisotopic (exact) mass is 336 g/mol. The van der Waals surface area contributed by atoms with Crippen LogP contribution in [0.1, 0.15) is 109 Å². The molecular weight excluding hydrogens is 296 g/mol. The smallest absolute Gasteiger partial charge is 0.00479 e. The van der Waals surface area contributed by atoms with Crippen molar-refractivity contribution in [3.63, 3.8) is 0 Å². The van der Waals surface area contributed by atoms with Crippen molar-refractivity contribution in [2.75, 3.05) is 0 Å². The normalized spacial score (nSPS) is 11.4. The summed E-state index contributed by atoms with van der Waals surface area (Å²) in [5.74, 6) is 0.936. The molecule has 1 aromatic heterocycles. The van der Waals surface area contributed by atoms with Gasteiger partial charge in [0.2, 0.25) is 0 Å². The lowest BCUT2D eigenvalue weighted by atomic mass is 9.91. The Bertz CT molecular complexity index is 312. The van der Waals surface area contributed by atoms with Gasteiger partial charge in [0.15, 0.2) is 0 Å². The number of hydrogen-bond acceptors (Lipinski definition) is 1. The summed E-state index contributed by atoms with van der Waals surface area (Å²) in [7, 11) is 0. The zero-order valence-corrected chi connectivity index (χ0v) is 16.6. The first-order chi connectivity index (χ1) is 11.4. The van der Waals surface area contributed by atoms with E-state index in [4.69, 9.17) is 0 Å². The van der Waals surface area contributed by atoms with Crippen LogP contribution in [-0.2, 0) is 6.42 Å². The highest BCUT2D eigenvalue weighted by Gasteiger charge is 2.10. The lowest BCUT2D eigenvalue weighted by molar-refractivity contribution is 0.402. The van der Waals surface area contributed by atoms with Gasteiger partial charge >= 0.3 is 0 Å². The molecule has 0 radical (unpaired) electrons. The van der Waals surface area contributed by atoms with E-state index in [9.17, 15) is 0 Å². The van der Waals surface area contributed by atoms with Gasteiger partial charge in [-0.25, -0.2) is 0 Å². The van der Waals surface area contributed by atoms with Gasteiger partial charge in [-0.15, -0.1) is 11.3 Å². The Morgan fingerprint density at radius 2 is 1.26 bits per heavy atom. The Morgan fingerprint density at radius 3 is 1.74 bits per heavy atom. The van der Waals surface area contributed by atoms with E-state index < -0.39 is 0 Å². The molecule has 23 heavy (non-hydrogen) atoms. The van der Waals surface area contributed by atoms with Crippen molar-refractivity contribution in [3.8, 4) is 0 Å². The summed E-state index contributed by atoms with van der Waals surface area (Å²) in [6.07, 6.45) is 21.4. The fraction of sp³-hybridized carbons (Fsp3) is 0.818. The van der Waals surface area contributed by atoms with Crippen LogP contribution >= 0.6 is 11.3 Å². The van der Waals surface area contributed by atoms with Gasteiger partial charge in [0.25, 0.3) is 0 Å². The lowest BCUT2D eigenvalue weighted by Gasteiger charge is -2.16. The van der Waals surface area contributed by atoms with Crippen LogP contribution in [0, 0.1) is 5.92 Å². The van der Waals surface area contributed by atoms with Crippen LogP contribution < -0.4 is 0 Å². The molecule has 0 atom stereocenters. The Hall–Kier alpha value is -0.300. The molecule has 1 aromatic rings. The maximum Gasteiger partial charge on any atom is 0.00479 e. The Kier molecular flexibility index (Phi) is 13.7. The Balaban J connectivity index is 2.17. The third-order valence-corrected chi connectivity index (χ3v) is 5.90. The van der Waals surface area contributed by atoms with Crippen molar-refractivity contribution in [1.29, 1.82) is 0 Å². The topological polar surface area (TPSA) is 0 Å². The van der Waals surface area contributed by atoms with Crippen LogP contribution in [0.2, 0.25) is 0 Å². The molecule has 0 aliphatic carbocycles. The molecule has 1 heterocycles. The number of thiophene rings is 1. The van der Waals surface area contributed by atoms with Gasteiger partial charge in [0.1, 0.15) is 0 Å². The summed E-state index contributed by atoms with van der Waals surface area (Å²) < 4.78 is 0. The number of unbranched alkanes of at least 4 members (excludes halogenated alkanes) is 10. The van der Waals surface area contributed by atoms with E-state index in [1.54, 1.807) is 4.88 Å². The number of rotatable bonds is 16. The zero-order chi connectivity index (χ0) is 16.6. The second-order valence-corrected chi connectivity index (χ2v) is 8.29. The average molecular weight is 337 g/mol. The Morgan fingerprint density at radius 1 is 0.739 bits per heavy atom. The predicted octanol–water partition coefficient (Wildman–Crippen LogP) is 8.41. The molecule has 1 heteroatoms. The minimum Gasteiger partial charge on any atom is -0.149 e.